The van der Waals surface area contributed by atoms with Crippen molar-refractivity contribution in [2.75, 3.05) is 18.0 Å². The highest BCUT2D eigenvalue weighted by Crippen LogP contribution is 2.50. The molecule has 2 aromatic heterocycles. The molecule has 2 aliphatic rings. The van der Waals surface area contributed by atoms with E-state index in [1.54, 1.807) is 6.20 Å². The van der Waals surface area contributed by atoms with Gasteiger partial charge >= 0.3 is 0 Å². The lowest BCUT2D eigenvalue weighted by Crippen LogP contribution is -2.32. The molecule has 0 aromatic carbocycles. The van der Waals surface area contributed by atoms with Gasteiger partial charge < -0.3 is 9.42 Å². The molecule has 6 nitrogen and oxygen atoms in total. The van der Waals surface area contributed by atoms with Crippen LogP contribution in [0.15, 0.2) is 22.9 Å². The van der Waals surface area contributed by atoms with Crippen LogP contribution < -0.4 is 4.90 Å². The molecular weight excluding hydrogens is 278 g/mol. The molecule has 116 valence electrons. The lowest BCUT2D eigenvalue weighted by molar-refractivity contribution is 0.264. The minimum absolute atomic E-state index is 0.00232. The molecular formula is C16H21N5O. The van der Waals surface area contributed by atoms with E-state index in [9.17, 15) is 0 Å². The Morgan fingerprint density at radius 3 is 3.05 bits per heavy atom. The summed E-state index contributed by atoms with van der Waals surface area (Å²) in [6, 6.07) is 3.96. The Kier molecular flexibility index (Phi) is 3.13. The second kappa shape index (κ2) is 5.04. The van der Waals surface area contributed by atoms with E-state index in [0.29, 0.717) is 11.8 Å². The zero-order valence-electron chi connectivity index (χ0n) is 13.1. The molecule has 0 spiro atoms. The van der Waals surface area contributed by atoms with E-state index in [2.05, 4.69) is 34.1 Å². The van der Waals surface area contributed by atoms with Crippen LogP contribution in [0.25, 0.3) is 0 Å². The van der Waals surface area contributed by atoms with Crippen LogP contribution in [-0.2, 0) is 5.41 Å². The Bertz CT molecular complexity index is 656. The average Bonchev–Trinajstić information content (AvgIpc) is 3.21. The molecule has 2 aromatic rings. The molecule has 2 fully saturated rings. The van der Waals surface area contributed by atoms with Crippen LogP contribution >= 0.6 is 0 Å². The van der Waals surface area contributed by atoms with E-state index >= 15 is 0 Å². The third kappa shape index (κ3) is 2.01. The minimum atomic E-state index is -0.00232. The predicted octanol–water partition coefficient (Wildman–Crippen LogP) is 2.54. The van der Waals surface area contributed by atoms with Gasteiger partial charge in [-0.15, -0.1) is 5.10 Å². The van der Waals surface area contributed by atoms with E-state index in [1.165, 1.54) is 12.8 Å². The van der Waals surface area contributed by atoms with Crippen molar-refractivity contribution >= 4 is 5.82 Å². The monoisotopic (exact) mass is 299 g/mol. The van der Waals surface area contributed by atoms with Crippen LogP contribution in [0.2, 0.25) is 0 Å². The van der Waals surface area contributed by atoms with Crippen LogP contribution in [0.1, 0.15) is 50.7 Å². The van der Waals surface area contributed by atoms with Gasteiger partial charge in [0.25, 0.3) is 0 Å². The summed E-state index contributed by atoms with van der Waals surface area (Å²) in [6.07, 6.45) is 5.28. The molecule has 4 rings (SSSR count). The summed E-state index contributed by atoms with van der Waals surface area (Å²) in [6.45, 7) is 6.09. The molecule has 1 saturated heterocycles. The maximum absolute atomic E-state index is 5.67. The summed E-state index contributed by atoms with van der Waals surface area (Å²) < 4.78 is 5.67. The van der Waals surface area contributed by atoms with Crippen LogP contribution in [0.5, 0.6) is 0 Å². The van der Waals surface area contributed by atoms with Gasteiger partial charge in [-0.2, -0.15) is 10.1 Å². The summed E-state index contributed by atoms with van der Waals surface area (Å²) in [7, 11) is 0. The fourth-order valence-corrected chi connectivity index (χ4v) is 3.95. The average molecular weight is 299 g/mol. The van der Waals surface area contributed by atoms with Crippen molar-refractivity contribution in [3.05, 3.63) is 30.0 Å². The van der Waals surface area contributed by atoms with E-state index in [1.807, 2.05) is 12.1 Å². The smallest absolute Gasteiger partial charge is 0.235 e. The Labute approximate surface area is 129 Å². The summed E-state index contributed by atoms with van der Waals surface area (Å²) >= 11 is 0. The normalized spacial score (nSPS) is 27.6. The molecule has 22 heavy (non-hydrogen) atoms. The highest BCUT2D eigenvalue weighted by molar-refractivity contribution is 5.42. The first-order valence-electron chi connectivity index (χ1n) is 8.06. The number of rotatable bonds is 3. The lowest BCUT2D eigenvalue weighted by Gasteiger charge is -2.24. The fourth-order valence-electron chi connectivity index (χ4n) is 3.95. The van der Waals surface area contributed by atoms with Crippen molar-refractivity contribution in [3.63, 3.8) is 0 Å². The van der Waals surface area contributed by atoms with Gasteiger partial charge in [0.2, 0.25) is 5.89 Å². The summed E-state index contributed by atoms with van der Waals surface area (Å²) in [5.74, 6) is 3.44. The first kappa shape index (κ1) is 13.7. The zero-order valence-corrected chi connectivity index (χ0v) is 13.1. The molecule has 0 amide bonds. The highest BCUT2D eigenvalue weighted by Gasteiger charge is 2.54. The third-order valence-electron chi connectivity index (χ3n) is 5.14. The molecule has 0 radical (unpaired) electrons. The van der Waals surface area contributed by atoms with Crippen LogP contribution in [0.4, 0.5) is 5.82 Å². The topological polar surface area (TPSA) is 67.9 Å². The summed E-state index contributed by atoms with van der Waals surface area (Å²) in [5.41, 5.74) is -0.00232. The molecule has 1 aliphatic carbocycles. The number of anilines is 1. The number of aromatic nitrogens is 4. The van der Waals surface area contributed by atoms with Gasteiger partial charge in [0.1, 0.15) is 0 Å². The first-order chi connectivity index (χ1) is 10.7. The third-order valence-corrected chi connectivity index (χ3v) is 5.14. The summed E-state index contributed by atoms with van der Waals surface area (Å²) in [5, 5.41) is 12.4. The van der Waals surface area contributed by atoms with Gasteiger partial charge in [0.05, 0.1) is 5.41 Å². The Morgan fingerprint density at radius 1 is 1.41 bits per heavy atom. The molecule has 0 bridgehead atoms. The van der Waals surface area contributed by atoms with E-state index < -0.39 is 0 Å². The Balaban J connectivity index is 1.67. The maximum Gasteiger partial charge on any atom is 0.235 e. The largest absolute Gasteiger partial charge is 0.354 e. The Hall–Kier alpha value is -1.98. The SMILES string of the molecule is CC(C)c1noc([C@]23CCC[C@H]2CN(c2cccnn2)C3)n1. The van der Waals surface area contributed by atoms with E-state index in [4.69, 9.17) is 9.51 Å². The number of nitrogens with zero attached hydrogens (tertiary/aromatic N) is 5. The summed E-state index contributed by atoms with van der Waals surface area (Å²) in [4.78, 5) is 7.03. The number of hydrogen-bond donors (Lipinski definition) is 0. The molecule has 2 atom stereocenters. The maximum atomic E-state index is 5.67. The van der Waals surface area contributed by atoms with Gasteiger partial charge in [-0.25, -0.2) is 0 Å². The van der Waals surface area contributed by atoms with Gasteiger partial charge in [0.15, 0.2) is 11.6 Å². The van der Waals surface area contributed by atoms with Crippen molar-refractivity contribution in [1.29, 1.82) is 0 Å². The molecule has 3 heterocycles. The predicted molar refractivity (Wildman–Crippen MR) is 81.7 cm³/mol. The molecule has 1 aliphatic heterocycles. The van der Waals surface area contributed by atoms with E-state index in [-0.39, 0.29) is 5.41 Å². The van der Waals surface area contributed by atoms with E-state index in [0.717, 1.165) is 37.0 Å². The van der Waals surface area contributed by atoms with Crippen molar-refractivity contribution in [2.24, 2.45) is 5.92 Å². The van der Waals surface area contributed by atoms with Gasteiger partial charge in [-0.05, 0) is 30.9 Å². The quantitative estimate of drug-likeness (QED) is 0.867. The zero-order chi connectivity index (χ0) is 15.2. The number of fused-ring (bicyclic) bond motifs is 1. The molecule has 6 heteroatoms. The van der Waals surface area contributed by atoms with Gasteiger partial charge in [-0.3, -0.25) is 0 Å². The lowest BCUT2D eigenvalue weighted by atomic mass is 9.80. The van der Waals surface area contributed by atoms with Crippen molar-refractivity contribution in [2.45, 2.75) is 44.4 Å². The van der Waals surface area contributed by atoms with Crippen LogP contribution in [-0.4, -0.2) is 33.4 Å². The fraction of sp³-hybridized carbons (Fsp3) is 0.625. The van der Waals surface area contributed by atoms with Gasteiger partial charge in [-0.1, -0.05) is 25.4 Å². The van der Waals surface area contributed by atoms with Crippen molar-refractivity contribution in [1.82, 2.24) is 20.3 Å². The van der Waals surface area contributed by atoms with Crippen molar-refractivity contribution < 1.29 is 4.52 Å². The molecule has 1 saturated carbocycles. The second-order valence-electron chi connectivity index (χ2n) is 6.82. The standard InChI is InChI=1S/C16H21N5O/c1-11(2)14-18-15(22-20-14)16-7-3-5-12(16)9-21(10-16)13-6-4-8-17-19-13/h4,6,8,11-12H,3,5,7,9-10H2,1-2H3/t12-,16-/m0/s1. The minimum Gasteiger partial charge on any atom is -0.354 e. The highest BCUT2D eigenvalue weighted by atomic mass is 16.5. The second-order valence-corrected chi connectivity index (χ2v) is 6.82. The number of hydrogen-bond acceptors (Lipinski definition) is 6. The van der Waals surface area contributed by atoms with Crippen LogP contribution in [0.3, 0.4) is 0 Å². The first-order valence-corrected chi connectivity index (χ1v) is 8.06. The van der Waals surface area contributed by atoms with Crippen LogP contribution in [0, 0.1) is 5.92 Å². The molecule has 0 N–H and O–H groups in total. The van der Waals surface area contributed by atoms with Gasteiger partial charge in [0, 0.05) is 25.2 Å². The van der Waals surface area contributed by atoms with Crippen molar-refractivity contribution in [3.8, 4) is 0 Å². The Morgan fingerprint density at radius 2 is 2.32 bits per heavy atom. The molecule has 0 unspecified atom stereocenters.